The van der Waals surface area contributed by atoms with Crippen LogP contribution in [0.2, 0.25) is 0 Å². The first-order valence-electron chi connectivity index (χ1n) is 3.04. The summed E-state index contributed by atoms with van der Waals surface area (Å²) in [5, 5.41) is 0. The Morgan fingerprint density at radius 2 is 2.17 bits per heavy atom. The normalized spacial score (nSPS) is 9.00. The zero-order valence-corrected chi connectivity index (χ0v) is 8.29. The van der Waals surface area contributed by atoms with Crippen molar-refractivity contribution in [2.75, 3.05) is 0 Å². The molecule has 5 heteroatoms. The van der Waals surface area contributed by atoms with Gasteiger partial charge >= 0.3 is 0 Å². The Hall–Kier alpha value is -1.06. The van der Waals surface area contributed by atoms with Crippen molar-refractivity contribution >= 4 is 0 Å². The maximum absolute atomic E-state index is 4.77. The predicted octanol–water partition coefficient (Wildman–Crippen LogP) is 0.929. The minimum Gasteiger partial charge on any atom is -0.465 e. The number of hydrogen-bond donors (Lipinski definition) is 0. The van der Waals surface area contributed by atoms with Gasteiger partial charge < -0.3 is 9.40 Å². The molecule has 0 spiro atoms. The van der Waals surface area contributed by atoms with Crippen LogP contribution < -0.4 is 0 Å². The maximum Gasteiger partial charge on any atom is 0.167 e. The quantitative estimate of drug-likeness (QED) is 0.726. The Labute approximate surface area is 82.4 Å². The summed E-state index contributed by atoms with van der Waals surface area (Å²) in [7, 11) is 0. The Morgan fingerprint density at radius 3 is 2.75 bits per heavy atom. The zero-order chi connectivity index (χ0) is 7.52. The standard InChI is InChI=1S/C7H4N3O.Ir/c1-2-9-6(3-8-1)7-4-11-5-10-7;/h1-2,4-5H;/q-1;. The molecule has 0 atom stereocenters. The molecular weight excluding hydrogens is 334 g/mol. The minimum atomic E-state index is 0. The van der Waals surface area contributed by atoms with Crippen LogP contribution in [-0.4, -0.2) is 15.0 Å². The maximum atomic E-state index is 4.77. The molecule has 0 fully saturated rings. The van der Waals surface area contributed by atoms with Crippen LogP contribution in [0.5, 0.6) is 0 Å². The van der Waals surface area contributed by atoms with Crippen molar-refractivity contribution in [1.29, 1.82) is 0 Å². The van der Waals surface area contributed by atoms with Crippen LogP contribution in [0.25, 0.3) is 11.4 Å². The van der Waals surface area contributed by atoms with Crippen molar-refractivity contribution in [3.8, 4) is 11.4 Å². The van der Waals surface area contributed by atoms with Crippen LogP contribution in [0.3, 0.4) is 0 Å². The number of hydrogen-bond acceptors (Lipinski definition) is 4. The van der Waals surface area contributed by atoms with E-state index in [0.29, 0.717) is 11.4 Å². The van der Waals surface area contributed by atoms with E-state index in [9.17, 15) is 0 Å². The third kappa shape index (κ3) is 1.75. The molecular formula is C7H4IrN3O-. The summed E-state index contributed by atoms with van der Waals surface area (Å²) in [6.45, 7) is 0. The Balaban J connectivity index is 0.000000720. The van der Waals surface area contributed by atoms with E-state index >= 15 is 0 Å². The predicted molar refractivity (Wildman–Crippen MR) is 36.4 cm³/mol. The molecule has 0 bridgehead atoms. The molecule has 0 unspecified atom stereocenters. The largest absolute Gasteiger partial charge is 0.465 e. The summed E-state index contributed by atoms with van der Waals surface area (Å²) in [4.78, 5) is 11.6. The van der Waals surface area contributed by atoms with Crippen LogP contribution in [0.1, 0.15) is 0 Å². The van der Waals surface area contributed by atoms with E-state index in [0.717, 1.165) is 0 Å². The van der Waals surface area contributed by atoms with Crippen LogP contribution >= 0.6 is 0 Å². The molecule has 2 aromatic rings. The van der Waals surface area contributed by atoms with Gasteiger partial charge in [-0.3, -0.25) is 9.97 Å². The minimum absolute atomic E-state index is 0. The summed E-state index contributed by atoms with van der Waals surface area (Å²) in [5.74, 6) is 0. The summed E-state index contributed by atoms with van der Waals surface area (Å²) in [6, 6.07) is 0. The molecule has 0 aliphatic rings. The van der Waals surface area contributed by atoms with E-state index < -0.39 is 0 Å². The van der Waals surface area contributed by atoms with Gasteiger partial charge in [-0.25, -0.2) is 0 Å². The first-order chi connectivity index (χ1) is 5.47. The third-order valence-corrected chi connectivity index (χ3v) is 1.19. The van der Waals surface area contributed by atoms with Crippen molar-refractivity contribution in [3.63, 3.8) is 0 Å². The SMILES string of the molecule is [Ir].[c-]1nccnc1-c1cocn1. The molecule has 2 rings (SSSR count). The molecule has 0 aliphatic heterocycles. The number of nitrogens with zero attached hydrogens (tertiary/aromatic N) is 3. The van der Waals surface area contributed by atoms with Gasteiger partial charge in [0, 0.05) is 25.8 Å². The molecule has 0 saturated heterocycles. The van der Waals surface area contributed by atoms with Gasteiger partial charge in [0.1, 0.15) is 0 Å². The average Bonchev–Trinajstić information content (AvgIpc) is 2.58. The number of rotatable bonds is 1. The first kappa shape index (κ1) is 9.03. The first-order valence-corrected chi connectivity index (χ1v) is 3.04. The van der Waals surface area contributed by atoms with Crippen LogP contribution in [0.4, 0.5) is 0 Å². The van der Waals surface area contributed by atoms with Crippen molar-refractivity contribution < 1.29 is 24.5 Å². The van der Waals surface area contributed by atoms with Gasteiger partial charge in [0.2, 0.25) is 0 Å². The zero-order valence-electron chi connectivity index (χ0n) is 5.89. The van der Waals surface area contributed by atoms with E-state index in [-0.39, 0.29) is 20.1 Å². The van der Waals surface area contributed by atoms with Gasteiger partial charge in [-0.05, 0) is 11.9 Å². The van der Waals surface area contributed by atoms with Gasteiger partial charge in [-0.15, -0.1) is 0 Å². The van der Waals surface area contributed by atoms with Crippen molar-refractivity contribution in [2.24, 2.45) is 0 Å². The van der Waals surface area contributed by atoms with Crippen LogP contribution in [-0.2, 0) is 20.1 Å². The van der Waals surface area contributed by atoms with Crippen molar-refractivity contribution in [1.82, 2.24) is 15.0 Å². The Morgan fingerprint density at radius 1 is 1.25 bits per heavy atom. The monoisotopic (exact) mass is 339 g/mol. The average molecular weight is 338 g/mol. The van der Waals surface area contributed by atoms with Crippen molar-refractivity contribution in [3.05, 3.63) is 31.2 Å². The number of aromatic nitrogens is 3. The second-order valence-corrected chi connectivity index (χ2v) is 1.89. The molecule has 0 amide bonds. The van der Waals surface area contributed by atoms with Gasteiger partial charge in [0.25, 0.3) is 0 Å². The molecule has 63 valence electrons. The van der Waals surface area contributed by atoms with E-state index in [4.69, 9.17) is 4.42 Å². The van der Waals surface area contributed by atoms with Gasteiger partial charge in [0.15, 0.2) is 6.39 Å². The molecule has 0 aliphatic carbocycles. The smallest absolute Gasteiger partial charge is 0.167 e. The third-order valence-electron chi connectivity index (χ3n) is 1.19. The van der Waals surface area contributed by atoms with E-state index in [1.807, 2.05) is 0 Å². The second-order valence-electron chi connectivity index (χ2n) is 1.89. The van der Waals surface area contributed by atoms with Crippen LogP contribution in [0.15, 0.2) is 29.5 Å². The van der Waals surface area contributed by atoms with Gasteiger partial charge in [-0.2, -0.15) is 0 Å². The van der Waals surface area contributed by atoms with E-state index in [1.165, 1.54) is 12.7 Å². The Bertz CT molecular complexity index is 322. The molecule has 0 aromatic carbocycles. The molecule has 12 heavy (non-hydrogen) atoms. The summed E-state index contributed by atoms with van der Waals surface area (Å²) in [5.41, 5.74) is 1.25. The van der Waals surface area contributed by atoms with E-state index in [1.54, 1.807) is 12.4 Å². The molecule has 1 radical (unpaired) electrons. The summed E-state index contributed by atoms with van der Waals surface area (Å²) >= 11 is 0. The van der Waals surface area contributed by atoms with Gasteiger partial charge in [-0.1, -0.05) is 12.4 Å². The molecule has 4 nitrogen and oxygen atoms in total. The summed E-state index contributed by atoms with van der Waals surface area (Å²) in [6.07, 6.45) is 8.68. The summed E-state index contributed by atoms with van der Waals surface area (Å²) < 4.78 is 4.77. The van der Waals surface area contributed by atoms with E-state index in [2.05, 4.69) is 21.1 Å². The fourth-order valence-electron chi connectivity index (χ4n) is 0.721. The fraction of sp³-hybridized carbons (Fsp3) is 0. The molecule has 0 N–H and O–H groups in total. The van der Waals surface area contributed by atoms with Gasteiger partial charge in [0.05, 0.1) is 6.26 Å². The number of oxazole rings is 1. The van der Waals surface area contributed by atoms with Crippen LogP contribution in [0, 0.1) is 6.20 Å². The Kier molecular flexibility index (Phi) is 3.08. The molecule has 2 aromatic heterocycles. The topological polar surface area (TPSA) is 51.8 Å². The fourth-order valence-corrected chi connectivity index (χ4v) is 0.721. The molecule has 2 heterocycles. The molecule has 0 saturated carbocycles. The second kappa shape index (κ2) is 4.09. The van der Waals surface area contributed by atoms with Crippen molar-refractivity contribution in [2.45, 2.75) is 0 Å².